The first-order valence-corrected chi connectivity index (χ1v) is 7.44. The van der Waals surface area contributed by atoms with Crippen LogP contribution in [-0.2, 0) is 9.05 Å². The second kappa shape index (κ2) is 3.44. The molecule has 2 aromatic rings. The predicted molar refractivity (Wildman–Crippen MR) is 60.4 cm³/mol. The summed E-state index contributed by atoms with van der Waals surface area (Å²) in [4.78, 5) is 4.04. The molecule has 0 fully saturated rings. The largest absolute Gasteiger partial charge is 0.262 e. The Morgan fingerprint density at radius 1 is 1.50 bits per heavy atom. The smallest absolute Gasteiger partial charge is 0.253 e. The molecule has 0 unspecified atom stereocenters. The fourth-order valence-corrected chi connectivity index (χ4v) is 3.30. The van der Waals surface area contributed by atoms with Crippen molar-refractivity contribution in [2.24, 2.45) is 0 Å². The topological polar surface area (TPSA) is 47.0 Å². The Hall–Kier alpha value is -0.170. The second-order valence-electron chi connectivity index (χ2n) is 2.54. The van der Waals surface area contributed by atoms with E-state index < -0.39 is 9.05 Å². The molecule has 0 aliphatic rings. The summed E-state index contributed by atoms with van der Waals surface area (Å²) in [5.41, 5.74) is 0.749. The summed E-state index contributed by atoms with van der Waals surface area (Å²) >= 11 is 4.72. The summed E-state index contributed by atoms with van der Waals surface area (Å²) in [7, 11) is 1.51. The Morgan fingerprint density at radius 2 is 2.21 bits per heavy atom. The Labute approximate surface area is 97.3 Å². The van der Waals surface area contributed by atoms with Gasteiger partial charge in [-0.05, 0) is 22.0 Å². The average Bonchev–Trinajstić information content (AvgIpc) is 2.46. The van der Waals surface area contributed by atoms with E-state index in [1.807, 2.05) is 5.38 Å². The average molecular weight is 313 g/mol. The Balaban J connectivity index is 2.76. The summed E-state index contributed by atoms with van der Waals surface area (Å²) in [6.07, 6.45) is 1.25. The molecule has 14 heavy (non-hydrogen) atoms. The van der Waals surface area contributed by atoms with Gasteiger partial charge >= 0.3 is 0 Å². The van der Waals surface area contributed by atoms with E-state index >= 15 is 0 Å². The lowest BCUT2D eigenvalue weighted by atomic mass is 10.4. The molecule has 0 saturated carbocycles. The number of aromatic nitrogens is 1. The van der Waals surface area contributed by atoms with Gasteiger partial charge in [-0.1, -0.05) is 0 Å². The fourth-order valence-electron chi connectivity index (χ4n) is 1.00. The maximum absolute atomic E-state index is 11.0. The van der Waals surface area contributed by atoms with Gasteiger partial charge in [0.1, 0.15) is 4.90 Å². The molecule has 2 rings (SSSR count). The van der Waals surface area contributed by atoms with Crippen molar-refractivity contribution in [3.05, 3.63) is 22.1 Å². The van der Waals surface area contributed by atoms with Crippen molar-refractivity contribution in [1.82, 2.24) is 4.98 Å². The van der Waals surface area contributed by atoms with Crippen LogP contribution in [0.4, 0.5) is 0 Å². The first-order valence-electron chi connectivity index (χ1n) is 3.46. The van der Waals surface area contributed by atoms with Crippen molar-refractivity contribution in [3.8, 4) is 0 Å². The lowest BCUT2D eigenvalue weighted by Crippen LogP contribution is -1.90. The van der Waals surface area contributed by atoms with Crippen molar-refractivity contribution in [1.29, 1.82) is 0 Å². The first-order chi connectivity index (χ1) is 6.48. The normalized spacial score (nSPS) is 12.1. The van der Waals surface area contributed by atoms with Gasteiger partial charge in [-0.3, -0.25) is 4.98 Å². The number of nitrogens with zero attached hydrogens (tertiary/aromatic N) is 1. The highest BCUT2D eigenvalue weighted by Gasteiger charge is 2.12. The molecule has 2 aromatic heterocycles. The van der Waals surface area contributed by atoms with Crippen LogP contribution in [-0.4, -0.2) is 13.4 Å². The van der Waals surface area contributed by atoms with Crippen LogP contribution < -0.4 is 0 Å². The van der Waals surface area contributed by atoms with Crippen molar-refractivity contribution >= 4 is 57.2 Å². The molecular weight excluding hydrogens is 310 g/mol. The van der Waals surface area contributed by atoms with E-state index in [0.29, 0.717) is 0 Å². The van der Waals surface area contributed by atoms with Crippen LogP contribution >= 0.6 is 37.9 Å². The lowest BCUT2D eigenvalue weighted by Gasteiger charge is -1.95. The zero-order valence-electron chi connectivity index (χ0n) is 6.57. The number of hydrogen-bond donors (Lipinski definition) is 0. The molecule has 0 radical (unpaired) electrons. The molecule has 0 spiro atoms. The zero-order valence-corrected chi connectivity index (χ0v) is 10.5. The number of hydrogen-bond acceptors (Lipinski definition) is 4. The zero-order chi connectivity index (χ0) is 10.3. The molecule has 0 N–H and O–H groups in total. The Morgan fingerprint density at radius 3 is 2.86 bits per heavy atom. The summed E-state index contributed by atoms with van der Waals surface area (Å²) in [5, 5.41) is 1.85. The van der Waals surface area contributed by atoms with E-state index in [9.17, 15) is 8.42 Å². The molecule has 0 saturated heterocycles. The van der Waals surface area contributed by atoms with Crippen LogP contribution in [0, 0.1) is 0 Å². The second-order valence-corrected chi connectivity index (χ2v) is 6.87. The van der Waals surface area contributed by atoms with Crippen molar-refractivity contribution < 1.29 is 8.42 Å². The molecule has 0 atom stereocenters. The van der Waals surface area contributed by atoms with Crippen LogP contribution in [0.1, 0.15) is 0 Å². The van der Waals surface area contributed by atoms with Gasteiger partial charge in [0.25, 0.3) is 9.05 Å². The molecular formula is C7H3BrClNO2S2. The number of rotatable bonds is 1. The van der Waals surface area contributed by atoms with Gasteiger partial charge in [-0.15, -0.1) is 11.3 Å². The number of fused-ring (bicyclic) bond motifs is 1. The summed E-state index contributed by atoms with van der Waals surface area (Å²) < 4.78 is 23.7. The highest BCUT2D eigenvalue weighted by Crippen LogP contribution is 2.30. The molecule has 3 nitrogen and oxygen atoms in total. The van der Waals surface area contributed by atoms with Gasteiger partial charge in [0.15, 0.2) is 0 Å². The van der Waals surface area contributed by atoms with Crippen LogP contribution in [0.5, 0.6) is 0 Å². The SMILES string of the molecule is O=S(=O)(Cl)c1cnc2c(Br)csc2c1. The molecule has 0 aliphatic carbocycles. The maximum Gasteiger partial charge on any atom is 0.262 e. The summed E-state index contributed by atoms with van der Waals surface area (Å²) in [6.45, 7) is 0. The van der Waals surface area contributed by atoms with Crippen molar-refractivity contribution in [2.75, 3.05) is 0 Å². The molecule has 0 aliphatic heterocycles. The van der Waals surface area contributed by atoms with Crippen molar-refractivity contribution in [2.45, 2.75) is 4.90 Å². The van der Waals surface area contributed by atoms with Crippen LogP contribution in [0.25, 0.3) is 10.2 Å². The van der Waals surface area contributed by atoms with E-state index in [2.05, 4.69) is 20.9 Å². The van der Waals surface area contributed by atoms with Crippen molar-refractivity contribution in [3.63, 3.8) is 0 Å². The molecule has 2 heterocycles. The third-order valence-corrected chi connectivity index (χ3v) is 4.77. The molecule has 0 amide bonds. The molecule has 0 bridgehead atoms. The highest BCUT2D eigenvalue weighted by molar-refractivity contribution is 9.10. The Kier molecular flexibility index (Phi) is 2.55. The van der Waals surface area contributed by atoms with Gasteiger partial charge in [0, 0.05) is 22.3 Å². The molecule has 74 valence electrons. The van der Waals surface area contributed by atoms with E-state index in [1.54, 1.807) is 0 Å². The number of halogens is 2. The minimum Gasteiger partial charge on any atom is -0.253 e. The predicted octanol–water partition coefficient (Wildman–Crippen LogP) is 2.99. The molecule has 7 heteroatoms. The lowest BCUT2D eigenvalue weighted by molar-refractivity contribution is 0.609. The number of thiophene rings is 1. The van der Waals surface area contributed by atoms with Crippen LogP contribution in [0.2, 0.25) is 0 Å². The van der Waals surface area contributed by atoms with Gasteiger partial charge < -0.3 is 0 Å². The maximum atomic E-state index is 11.0. The van der Waals surface area contributed by atoms with Gasteiger partial charge in [-0.25, -0.2) is 8.42 Å². The molecule has 0 aromatic carbocycles. The van der Waals surface area contributed by atoms with Gasteiger partial charge in [-0.2, -0.15) is 0 Å². The summed E-state index contributed by atoms with van der Waals surface area (Å²) in [5.74, 6) is 0. The van der Waals surface area contributed by atoms with E-state index in [4.69, 9.17) is 10.7 Å². The van der Waals surface area contributed by atoms with Gasteiger partial charge in [0.2, 0.25) is 0 Å². The minimum absolute atomic E-state index is 0.0287. The Bertz CT molecular complexity index is 593. The summed E-state index contributed by atoms with van der Waals surface area (Å²) in [6, 6.07) is 1.51. The fraction of sp³-hybridized carbons (Fsp3) is 0. The first kappa shape index (κ1) is 10.4. The van der Waals surface area contributed by atoms with Crippen LogP contribution in [0.15, 0.2) is 27.0 Å². The van der Waals surface area contributed by atoms with Gasteiger partial charge in [0.05, 0.1) is 14.7 Å². The number of pyridine rings is 1. The van der Waals surface area contributed by atoms with E-state index in [1.165, 1.54) is 23.6 Å². The van der Waals surface area contributed by atoms with E-state index in [-0.39, 0.29) is 4.90 Å². The quantitative estimate of drug-likeness (QED) is 0.761. The monoisotopic (exact) mass is 311 g/mol. The minimum atomic E-state index is -3.68. The van der Waals surface area contributed by atoms with Crippen LogP contribution in [0.3, 0.4) is 0 Å². The highest BCUT2D eigenvalue weighted by atomic mass is 79.9. The van der Waals surface area contributed by atoms with E-state index in [0.717, 1.165) is 14.7 Å². The standard InChI is InChI=1S/C7H3BrClNO2S2/c8-5-3-13-6-1-4(14(9,11)12)2-10-7(5)6/h1-3H. The third kappa shape index (κ3) is 1.79. The third-order valence-electron chi connectivity index (χ3n) is 1.62.